The second-order valence-corrected chi connectivity index (χ2v) is 26.3. The van der Waals surface area contributed by atoms with Crippen LogP contribution in [-0.2, 0) is 19.3 Å². The SMILES string of the molecule is CCCCOc1cc2c(cc1C#Cc1cc(C#Cc3ccccc3)cc(C#Cc3ccccc3)c1)Cc1cc(OCCCC)c(C#Cc3cc(C#Cc4ccccc4)cc(C#Cc4ccccc4)c3)cc1Cc1cc(OCCCC)c(C#Cc3cc(C#Cc4ccccc4)cc(C#Cc4ccccc4)c3)cc1C2. The quantitative estimate of drug-likeness (QED) is 0.0901. The number of hydrogen-bond donors (Lipinski definition) is 0. The van der Waals surface area contributed by atoms with Crippen LogP contribution in [0.2, 0.25) is 0 Å². The third kappa shape index (κ3) is 21.1. The van der Waals surface area contributed by atoms with Gasteiger partial charge in [-0.2, -0.15) is 0 Å². The number of fused-ring (bicyclic) bond motifs is 3. The molecule has 0 spiro atoms. The fourth-order valence-corrected chi connectivity index (χ4v) is 12.2. The average Bonchev–Trinajstić information content (AvgIpc) is 1.53. The summed E-state index contributed by atoms with van der Waals surface area (Å²) in [6.07, 6.45) is 7.24. The molecule has 516 valence electrons. The van der Waals surface area contributed by atoms with Crippen molar-refractivity contribution in [3.63, 3.8) is 0 Å². The molecule has 0 fully saturated rings. The molecular formula is C105H78O3. The normalized spacial score (nSPS) is 10.5. The van der Waals surface area contributed by atoms with E-state index in [1.165, 1.54) is 0 Å². The number of ether oxygens (including phenoxy) is 3. The molecule has 0 radical (unpaired) electrons. The Morgan fingerprint density at radius 2 is 0.361 bits per heavy atom. The Balaban J connectivity index is 0.982. The molecule has 0 amide bonds. The first-order chi connectivity index (χ1) is 53.3. The molecule has 3 heteroatoms. The summed E-state index contributed by atoms with van der Waals surface area (Å²) in [7, 11) is 0. The third-order valence-electron chi connectivity index (χ3n) is 17.9. The summed E-state index contributed by atoms with van der Waals surface area (Å²) in [6.45, 7) is 8.13. The molecule has 13 rings (SSSR count). The molecule has 1 aliphatic rings. The minimum absolute atomic E-state index is 0.528. The van der Waals surface area contributed by atoms with Gasteiger partial charge in [-0.05, 0) is 236 Å². The third-order valence-corrected chi connectivity index (χ3v) is 17.9. The fourth-order valence-electron chi connectivity index (χ4n) is 12.2. The van der Waals surface area contributed by atoms with Crippen molar-refractivity contribution >= 4 is 0 Å². The van der Waals surface area contributed by atoms with E-state index in [0.29, 0.717) is 39.1 Å². The van der Waals surface area contributed by atoms with E-state index in [1.54, 1.807) is 0 Å². The highest BCUT2D eigenvalue weighted by molar-refractivity contribution is 5.65. The molecule has 1 aliphatic carbocycles. The van der Waals surface area contributed by atoms with Crippen molar-refractivity contribution in [2.45, 2.75) is 78.6 Å². The summed E-state index contributed by atoms with van der Waals surface area (Å²) in [6, 6.07) is 92.0. The van der Waals surface area contributed by atoms with E-state index >= 15 is 0 Å². The lowest BCUT2D eigenvalue weighted by atomic mass is 9.92. The van der Waals surface area contributed by atoms with Crippen LogP contribution in [-0.4, -0.2) is 19.8 Å². The Kier molecular flexibility index (Phi) is 25.1. The maximum atomic E-state index is 6.88. The molecular weight excluding hydrogens is 1310 g/mol. The van der Waals surface area contributed by atoms with Crippen molar-refractivity contribution in [1.29, 1.82) is 0 Å². The van der Waals surface area contributed by atoms with Gasteiger partial charge in [0.25, 0.3) is 0 Å². The Morgan fingerprint density at radius 1 is 0.194 bits per heavy atom. The monoisotopic (exact) mass is 1390 g/mol. The molecule has 0 heterocycles. The van der Waals surface area contributed by atoms with Crippen LogP contribution < -0.4 is 14.2 Å². The van der Waals surface area contributed by atoms with Gasteiger partial charge in [0.2, 0.25) is 0 Å². The van der Waals surface area contributed by atoms with Crippen LogP contribution in [0.4, 0.5) is 0 Å². The fraction of sp³-hybridized carbons (Fsp3) is 0.143. The highest BCUT2D eigenvalue weighted by Crippen LogP contribution is 2.37. The zero-order valence-corrected chi connectivity index (χ0v) is 61.2. The van der Waals surface area contributed by atoms with Gasteiger partial charge in [0.05, 0.1) is 36.5 Å². The summed E-state index contributed by atoms with van der Waals surface area (Å²) in [5.74, 6) is 64.6. The van der Waals surface area contributed by atoms with E-state index in [4.69, 9.17) is 14.2 Å². The zero-order valence-electron chi connectivity index (χ0n) is 61.2. The smallest absolute Gasteiger partial charge is 0.135 e. The minimum Gasteiger partial charge on any atom is -0.492 e. The Bertz CT molecular complexity index is 5030. The number of hydrogen-bond acceptors (Lipinski definition) is 3. The molecule has 108 heavy (non-hydrogen) atoms. The first-order valence-electron chi connectivity index (χ1n) is 37.1. The van der Waals surface area contributed by atoms with Crippen molar-refractivity contribution in [1.82, 2.24) is 0 Å². The maximum absolute atomic E-state index is 6.88. The van der Waals surface area contributed by atoms with Gasteiger partial charge in [-0.3, -0.25) is 0 Å². The molecule has 0 atom stereocenters. The molecule has 0 N–H and O–H groups in total. The predicted molar refractivity (Wildman–Crippen MR) is 441 cm³/mol. The second kappa shape index (κ2) is 37.5. The van der Waals surface area contributed by atoms with Crippen LogP contribution in [0.15, 0.2) is 273 Å². The van der Waals surface area contributed by atoms with Crippen LogP contribution in [0, 0.1) is 107 Å². The van der Waals surface area contributed by atoms with Gasteiger partial charge < -0.3 is 14.2 Å². The van der Waals surface area contributed by atoms with Gasteiger partial charge >= 0.3 is 0 Å². The Labute approximate surface area is 638 Å². The maximum Gasteiger partial charge on any atom is 0.135 e. The highest BCUT2D eigenvalue weighted by Gasteiger charge is 2.22. The summed E-state index contributed by atoms with van der Waals surface area (Å²) in [4.78, 5) is 0. The van der Waals surface area contributed by atoms with Crippen molar-refractivity contribution in [2.24, 2.45) is 0 Å². The van der Waals surface area contributed by atoms with Crippen molar-refractivity contribution in [3.8, 4) is 124 Å². The van der Waals surface area contributed by atoms with E-state index in [0.717, 1.165) is 189 Å². The first kappa shape index (κ1) is 72.4. The zero-order chi connectivity index (χ0) is 73.7. The lowest BCUT2D eigenvalue weighted by Gasteiger charge is -2.17. The first-order valence-corrected chi connectivity index (χ1v) is 37.1. The number of unbranched alkanes of at least 4 members (excludes halogenated alkanes) is 3. The molecule has 0 aliphatic heterocycles. The Morgan fingerprint density at radius 3 is 0.546 bits per heavy atom. The van der Waals surface area contributed by atoms with Gasteiger partial charge in [0.15, 0.2) is 0 Å². The second-order valence-electron chi connectivity index (χ2n) is 26.3. The van der Waals surface area contributed by atoms with Gasteiger partial charge in [0.1, 0.15) is 17.2 Å². The topological polar surface area (TPSA) is 27.7 Å². The van der Waals surface area contributed by atoms with E-state index in [1.807, 2.05) is 237 Å². The van der Waals surface area contributed by atoms with E-state index in [2.05, 4.69) is 164 Å². The van der Waals surface area contributed by atoms with Gasteiger partial charge in [-0.1, -0.05) is 256 Å². The van der Waals surface area contributed by atoms with Crippen molar-refractivity contribution < 1.29 is 14.2 Å². The van der Waals surface area contributed by atoms with Crippen molar-refractivity contribution in [2.75, 3.05) is 19.8 Å². The van der Waals surface area contributed by atoms with E-state index < -0.39 is 0 Å². The van der Waals surface area contributed by atoms with E-state index in [9.17, 15) is 0 Å². The lowest BCUT2D eigenvalue weighted by molar-refractivity contribution is 0.308. The summed E-state index contributed by atoms with van der Waals surface area (Å²) >= 11 is 0. The number of benzene rings is 12. The lowest BCUT2D eigenvalue weighted by Crippen LogP contribution is -2.05. The summed E-state index contributed by atoms with van der Waals surface area (Å²) in [5.41, 5.74) is 21.8. The Hall–Kier alpha value is -13.9. The van der Waals surface area contributed by atoms with E-state index in [-0.39, 0.29) is 0 Å². The molecule has 0 unspecified atom stereocenters. The molecule has 0 bridgehead atoms. The number of rotatable bonds is 12. The highest BCUT2D eigenvalue weighted by atomic mass is 16.5. The molecule has 12 aromatic carbocycles. The molecule has 0 aromatic heterocycles. The average molecular weight is 1390 g/mol. The van der Waals surface area contributed by atoms with Crippen LogP contribution in [0.5, 0.6) is 17.2 Å². The largest absolute Gasteiger partial charge is 0.492 e. The standard InChI is InChI=1S/C105H78O3/c1-4-7-58-106-103-76-100-73-98-71-95(56-53-92-66-87(48-42-81-32-20-12-21-33-81)62-88(67-92)49-43-82-34-22-13-23-35-82)105(108-60-9-6-3)78-102(98)75-99-72-96(57-54-93-68-89(50-44-83-36-24-14-25-37-83)63-90(69-93)51-45-84-38-26-15-27-39-84)104(107-59-8-5-2)77-101(99)74-97(100)70-94(103)55-52-91-64-85(46-40-79-28-16-10-17-29-79)61-86(65-91)47-41-80-30-18-11-19-31-80/h10-39,61-72,76-78H,4-9,58-60,73-75H2,1-3H3. The van der Waals surface area contributed by atoms with Gasteiger partial charge in [-0.15, -0.1) is 0 Å². The molecule has 0 saturated heterocycles. The molecule has 12 aromatic rings. The molecule has 0 saturated carbocycles. The minimum atomic E-state index is 0.528. The van der Waals surface area contributed by atoms with Crippen LogP contribution in [0.3, 0.4) is 0 Å². The van der Waals surface area contributed by atoms with Gasteiger partial charge in [-0.25, -0.2) is 0 Å². The van der Waals surface area contributed by atoms with Crippen LogP contribution in [0.25, 0.3) is 0 Å². The van der Waals surface area contributed by atoms with Crippen LogP contribution in [0.1, 0.15) is 193 Å². The van der Waals surface area contributed by atoms with Gasteiger partial charge in [0, 0.05) is 83.5 Å². The van der Waals surface area contributed by atoms with Crippen LogP contribution >= 0.6 is 0 Å². The molecule has 3 nitrogen and oxygen atoms in total. The summed E-state index contributed by atoms with van der Waals surface area (Å²) < 4.78 is 20.6. The summed E-state index contributed by atoms with van der Waals surface area (Å²) in [5, 5.41) is 0. The van der Waals surface area contributed by atoms with Crippen molar-refractivity contribution in [3.05, 3.63) is 407 Å². The predicted octanol–water partition coefficient (Wildman–Crippen LogP) is 20.9.